The average Bonchev–Trinajstić information content (AvgIpc) is 2.77. The zero-order valence-corrected chi connectivity index (χ0v) is 14.5. The molecule has 25 heavy (non-hydrogen) atoms. The number of aryl methyl sites for hydroxylation is 2. The molecule has 1 fully saturated rings. The van der Waals surface area contributed by atoms with Gasteiger partial charge in [0.05, 0.1) is 11.0 Å². The molecule has 0 N–H and O–H groups in total. The number of aromatic nitrogens is 1. The molecule has 1 aliphatic carbocycles. The van der Waals surface area contributed by atoms with Crippen molar-refractivity contribution in [3.05, 3.63) is 68.8 Å². The first-order valence-corrected chi connectivity index (χ1v) is 9.01. The van der Waals surface area contributed by atoms with Crippen LogP contribution in [0.2, 0.25) is 5.02 Å². The van der Waals surface area contributed by atoms with Crippen molar-refractivity contribution in [1.29, 1.82) is 0 Å². The molecule has 0 amide bonds. The highest BCUT2D eigenvalue weighted by molar-refractivity contribution is 6.30. The molecule has 0 saturated carbocycles. The van der Waals surface area contributed by atoms with Gasteiger partial charge in [-0.2, -0.15) is 0 Å². The van der Waals surface area contributed by atoms with Gasteiger partial charge in [0.25, 0.3) is 0 Å². The van der Waals surface area contributed by atoms with E-state index in [4.69, 9.17) is 11.6 Å². The van der Waals surface area contributed by atoms with Gasteiger partial charge in [-0.1, -0.05) is 23.7 Å². The van der Waals surface area contributed by atoms with Gasteiger partial charge in [0.2, 0.25) is 0 Å². The van der Waals surface area contributed by atoms with Gasteiger partial charge in [0, 0.05) is 30.2 Å². The highest BCUT2D eigenvalue weighted by Crippen LogP contribution is 2.49. The Balaban J connectivity index is 1.86. The second-order valence-electron chi connectivity index (χ2n) is 6.83. The summed E-state index contributed by atoms with van der Waals surface area (Å²) in [6, 6.07) is 9.27. The Labute approximate surface area is 151 Å². The zero-order valence-electron chi connectivity index (χ0n) is 13.8. The van der Waals surface area contributed by atoms with Gasteiger partial charge < -0.3 is 0 Å². The van der Waals surface area contributed by atoms with Gasteiger partial charge in [0.15, 0.2) is 5.67 Å². The van der Waals surface area contributed by atoms with E-state index in [0.717, 1.165) is 24.0 Å². The third kappa shape index (κ3) is 2.71. The van der Waals surface area contributed by atoms with Crippen molar-refractivity contribution in [2.75, 3.05) is 13.1 Å². The van der Waals surface area contributed by atoms with Crippen molar-refractivity contribution in [2.45, 2.75) is 31.4 Å². The van der Waals surface area contributed by atoms with E-state index in [1.165, 1.54) is 5.01 Å². The number of benzene rings is 1. The molecule has 2 aliphatic rings. The van der Waals surface area contributed by atoms with Crippen molar-refractivity contribution < 1.29 is 4.39 Å². The largest absolute Gasteiger partial charge is 0.261 e. The molecule has 1 saturated heterocycles. The van der Waals surface area contributed by atoms with E-state index < -0.39 is 5.67 Å². The van der Waals surface area contributed by atoms with Gasteiger partial charge >= 0.3 is 0 Å². The normalized spacial score (nSPS) is 23.5. The number of fused-ring (bicyclic) bond motifs is 2. The number of halogens is 2. The number of hydrogen-bond donors (Lipinski definition) is 0. The number of nitrogens with zero attached hydrogens (tertiary/aromatic N) is 3. The molecule has 4 rings (SSSR count). The van der Waals surface area contributed by atoms with E-state index in [1.807, 2.05) is 24.3 Å². The fourth-order valence-electron chi connectivity index (χ4n) is 4.25. The number of pyridine rings is 1. The van der Waals surface area contributed by atoms with Crippen molar-refractivity contribution in [2.24, 2.45) is 11.2 Å². The van der Waals surface area contributed by atoms with Crippen molar-refractivity contribution in [3.63, 3.8) is 0 Å². The summed E-state index contributed by atoms with van der Waals surface area (Å²) in [4.78, 5) is 15.2. The molecule has 1 atom stereocenters. The summed E-state index contributed by atoms with van der Waals surface area (Å²) >= 11 is 6.17. The Morgan fingerprint density at radius 2 is 1.96 bits per heavy atom. The first-order chi connectivity index (χ1) is 12.1. The molecule has 0 bridgehead atoms. The molecule has 4 nitrogen and oxygen atoms in total. The second-order valence-corrected chi connectivity index (χ2v) is 7.27. The molecule has 2 heterocycles. The van der Waals surface area contributed by atoms with Crippen LogP contribution in [0.1, 0.15) is 35.2 Å². The highest BCUT2D eigenvalue weighted by atomic mass is 35.5. The van der Waals surface area contributed by atoms with Crippen LogP contribution >= 0.6 is 11.6 Å². The first-order valence-electron chi connectivity index (χ1n) is 8.63. The summed E-state index contributed by atoms with van der Waals surface area (Å²) in [5.41, 5.74) is 1.43. The van der Waals surface area contributed by atoms with E-state index in [1.54, 1.807) is 12.3 Å². The monoisotopic (exact) mass is 359 g/mol. The Morgan fingerprint density at radius 1 is 1.20 bits per heavy atom. The summed E-state index contributed by atoms with van der Waals surface area (Å²) in [6.07, 6.45) is 4.29. The number of piperidine rings is 1. The quantitative estimate of drug-likeness (QED) is 0.744. The van der Waals surface area contributed by atoms with E-state index in [0.29, 0.717) is 42.2 Å². The van der Waals surface area contributed by atoms with Crippen LogP contribution in [-0.2, 0) is 18.5 Å². The molecular formula is C19H19ClFN3O. The fraction of sp³-hybridized carbons (Fsp3) is 0.421. The lowest BCUT2D eigenvalue weighted by molar-refractivity contribution is 0.0592. The third-order valence-electron chi connectivity index (χ3n) is 5.51. The maximum absolute atomic E-state index is 16.8. The molecule has 1 aliphatic heterocycles. The van der Waals surface area contributed by atoms with Gasteiger partial charge in [-0.05, 0) is 60.6 Å². The van der Waals surface area contributed by atoms with Crippen LogP contribution in [0.3, 0.4) is 0 Å². The lowest BCUT2D eigenvalue weighted by Gasteiger charge is -2.39. The summed E-state index contributed by atoms with van der Waals surface area (Å²) in [5.74, 6) is -0.239. The smallest absolute Gasteiger partial charge is 0.181 e. The van der Waals surface area contributed by atoms with E-state index in [-0.39, 0.29) is 5.92 Å². The molecule has 2 aromatic rings. The first kappa shape index (κ1) is 16.5. The lowest BCUT2D eigenvalue weighted by Crippen LogP contribution is -2.41. The predicted octanol–water partition coefficient (Wildman–Crippen LogP) is 4.44. The van der Waals surface area contributed by atoms with Gasteiger partial charge in [-0.25, -0.2) is 4.39 Å². The topological polar surface area (TPSA) is 45.6 Å². The number of alkyl halides is 1. The minimum Gasteiger partial charge on any atom is -0.261 e. The van der Waals surface area contributed by atoms with Crippen molar-refractivity contribution in [1.82, 2.24) is 9.99 Å². The van der Waals surface area contributed by atoms with Crippen molar-refractivity contribution >= 4 is 11.6 Å². The molecular weight excluding hydrogens is 341 g/mol. The second kappa shape index (κ2) is 6.37. The number of rotatable bonds is 2. The van der Waals surface area contributed by atoms with E-state index in [9.17, 15) is 4.91 Å². The molecule has 0 spiro atoms. The van der Waals surface area contributed by atoms with Crippen LogP contribution < -0.4 is 0 Å². The Hall–Kier alpha value is -2.01. The summed E-state index contributed by atoms with van der Waals surface area (Å²) in [5, 5.41) is 5.09. The van der Waals surface area contributed by atoms with Gasteiger partial charge in [0.1, 0.15) is 0 Å². The maximum atomic E-state index is 16.8. The van der Waals surface area contributed by atoms with Crippen LogP contribution in [0.4, 0.5) is 4.39 Å². The predicted molar refractivity (Wildman–Crippen MR) is 95.1 cm³/mol. The third-order valence-corrected chi connectivity index (χ3v) is 5.74. The van der Waals surface area contributed by atoms with Crippen LogP contribution in [0.25, 0.3) is 0 Å². The minimum atomic E-state index is -1.66. The summed E-state index contributed by atoms with van der Waals surface area (Å²) in [6.45, 7) is 0.954. The van der Waals surface area contributed by atoms with Crippen LogP contribution in [0.15, 0.2) is 41.8 Å². The Bertz CT molecular complexity index is 807. The van der Waals surface area contributed by atoms with Crippen LogP contribution in [0, 0.1) is 10.8 Å². The van der Waals surface area contributed by atoms with Crippen LogP contribution in [0.5, 0.6) is 0 Å². The molecule has 1 aromatic carbocycles. The molecule has 130 valence electrons. The maximum Gasteiger partial charge on any atom is 0.181 e. The highest BCUT2D eigenvalue weighted by Gasteiger charge is 2.48. The summed E-state index contributed by atoms with van der Waals surface area (Å²) in [7, 11) is 0. The zero-order chi connectivity index (χ0) is 17.4. The van der Waals surface area contributed by atoms with Gasteiger partial charge in [-0.15, -0.1) is 4.91 Å². The fourth-order valence-corrected chi connectivity index (χ4v) is 4.44. The minimum absolute atomic E-state index is 0.239. The number of hydrogen-bond acceptors (Lipinski definition) is 3. The Morgan fingerprint density at radius 3 is 2.72 bits per heavy atom. The average molecular weight is 360 g/mol. The number of nitroso groups, excluding NO2 is 1. The lowest BCUT2D eigenvalue weighted by atomic mass is 9.74. The van der Waals surface area contributed by atoms with E-state index >= 15 is 4.39 Å². The molecule has 6 heteroatoms. The SMILES string of the molecule is O=NN1CCC(C2(F)c3ccc(Cl)cc3CCc3cccnc32)CC1. The Kier molecular flexibility index (Phi) is 4.20. The van der Waals surface area contributed by atoms with Crippen LogP contribution in [-0.4, -0.2) is 23.1 Å². The van der Waals surface area contributed by atoms with E-state index in [2.05, 4.69) is 10.3 Å². The van der Waals surface area contributed by atoms with Crippen molar-refractivity contribution in [3.8, 4) is 0 Å². The summed E-state index contributed by atoms with van der Waals surface area (Å²) < 4.78 is 16.8. The van der Waals surface area contributed by atoms with Gasteiger partial charge in [-0.3, -0.25) is 9.99 Å². The molecule has 0 radical (unpaired) electrons. The molecule has 1 unspecified atom stereocenters. The standard InChI is InChI=1S/C19H19ClFN3O/c20-16-5-6-17-14(12-16)4-3-13-2-1-9-22-18(13)19(17,21)15-7-10-24(23-25)11-8-15/h1-2,5-6,9,12,15H,3-4,7-8,10-11H2. The molecule has 1 aromatic heterocycles.